The van der Waals surface area contributed by atoms with Crippen LogP contribution >= 0.6 is 0 Å². The number of amides is 2. The Kier molecular flexibility index (Phi) is 3.30. The molecule has 0 spiro atoms. The summed E-state index contributed by atoms with van der Waals surface area (Å²) in [5.41, 5.74) is 3.68. The van der Waals surface area contributed by atoms with Crippen LogP contribution < -0.4 is 15.0 Å². The van der Waals surface area contributed by atoms with E-state index in [1.807, 2.05) is 31.2 Å². The van der Waals surface area contributed by atoms with Crippen LogP contribution in [0.1, 0.15) is 43.0 Å². The summed E-state index contributed by atoms with van der Waals surface area (Å²) in [5.74, 6) is 0.856. The smallest absolute Gasteiger partial charge is 0.325 e. The summed E-state index contributed by atoms with van der Waals surface area (Å²) in [7, 11) is 0. The Hall–Kier alpha value is -2.49. The van der Waals surface area contributed by atoms with Gasteiger partial charge in [-0.05, 0) is 44.0 Å². The quantitative estimate of drug-likeness (QED) is 0.894. The molecule has 4 rings (SSSR count). The summed E-state index contributed by atoms with van der Waals surface area (Å²) in [5, 5.41) is 3.14. The number of hydrogen-bond acceptors (Lipinski definition) is 2. The monoisotopic (exact) mass is 322 g/mol. The molecule has 4 heteroatoms. The number of benzene rings is 2. The number of rotatable bonds is 2. The van der Waals surface area contributed by atoms with E-state index >= 15 is 0 Å². The van der Waals surface area contributed by atoms with Crippen molar-refractivity contribution < 1.29 is 9.53 Å². The highest BCUT2D eigenvalue weighted by Gasteiger charge is 2.49. The number of hydrogen-bond donors (Lipinski definition) is 1. The molecule has 1 saturated heterocycles. The van der Waals surface area contributed by atoms with E-state index in [1.165, 1.54) is 11.1 Å². The molecule has 24 heavy (non-hydrogen) atoms. The molecule has 1 N–H and O–H groups in total. The van der Waals surface area contributed by atoms with Crippen LogP contribution in [-0.4, -0.2) is 11.8 Å². The van der Waals surface area contributed by atoms with Gasteiger partial charge >= 0.3 is 6.03 Å². The minimum atomic E-state index is -0.678. The van der Waals surface area contributed by atoms with Gasteiger partial charge in [-0.2, -0.15) is 0 Å². The molecule has 2 aromatic carbocycles. The highest BCUT2D eigenvalue weighted by atomic mass is 16.5. The molecule has 2 heterocycles. The van der Waals surface area contributed by atoms with E-state index in [0.717, 1.165) is 29.8 Å². The third-order valence-electron chi connectivity index (χ3n) is 5.03. The van der Waals surface area contributed by atoms with Crippen LogP contribution in [0.3, 0.4) is 0 Å². The molecule has 2 unspecified atom stereocenters. The predicted molar refractivity (Wildman–Crippen MR) is 94.4 cm³/mol. The van der Waals surface area contributed by atoms with Gasteiger partial charge in [0.1, 0.15) is 5.75 Å². The van der Waals surface area contributed by atoms with Gasteiger partial charge in [0.15, 0.2) is 5.72 Å². The maximum Gasteiger partial charge on any atom is 0.325 e. The molecule has 4 nitrogen and oxygen atoms in total. The molecule has 2 aliphatic rings. The second-order valence-electron chi connectivity index (χ2n) is 6.88. The van der Waals surface area contributed by atoms with E-state index in [-0.39, 0.29) is 12.1 Å². The average molecular weight is 322 g/mol. The second kappa shape index (κ2) is 5.26. The van der Waals surface area contributed by atoms with Crippen LogP contribution in [-0.2, 0) is 6.42 Å². The highest BCUT2D eigenvalue weighted by molar-refractivity contribution is 5.94. The molecule has 124 valence electrons. The minimum Gasteiger partial charge on any atom is -0.467 e. The topological polar surface area (TPSA) is 41.6 Å². The Balaban J connectivity index is 1.76. The van der Waals surface area contributed by atoms with Gasteiger partial charge in [0.2, 0.25) is 0 Å². The fraction of sp³-hybridized carbons (Fsp3) is 0.350. The van der Waals surface area contributed by atoms with Gasteiger partial charge in [-0.3, -0.25) is 4.90 Å². The van der Waals surface area contributed by atoms with E-state index < -0.39 is 5.72 Å². The third-order valence-corrected chi connectivity index (χ3v) is 5.03. The van der Waals surface area contributed by atoms with E-state index in [0.29, 0.717) is 0 Å². The predicted octanol–water partition coefficient (Wildman–Crippen LogP) is 4.33. The van der Waals surface area contributed by atoms with Gasteiger partial charge < -0.3 is 10.1 Å². The zero-order chi connectivity index (χ0) is 16.9. The summed E-state index contributed by atoms with van der Waals surface area (Å²) in [6, 6.07) is 14.2. The van der Waals surface area contributed by atoms with Crippen molar-refractivity contribution in [3.63, 3.8) is 0 Å². The van der Waals surface area contributed by atoms with Crippen molar-refractivity contribution in [2.45, 2.75) is 45.4 Å². The Bertz CT molecular complexity index is 800. The van der Waals surface area contributed by atoms with Crippen LogP contribution in [0.4, 0.5) is 10.5 Å². The second-order valence-corrected chi connectivity index (χ2v) is 6.88. The lowest BCUT2D eigenvalue weighted by molar-refractivity contribution is 0.0378. The van der Waals surface area contributed by atoms with E-state index in [1.54, 1.807) is 4.90 Å². The maximum absolute atomic E-state index is 12.8. The van der Waals surface area contributed by atoms with Crippen molar-refractivity contribution in [3.8, 4) is 5.75 Å². The van der Waals surface area contributed by atoms with Crippen molar-refractivity contribution in [3.05, 3.63) is 59.2 Å². The largest absolute Gasteiger partial charge is 0.467 e. The SMILES string of the molecule is CCc1ccc(N2C(=O)NC3CC2(C)Oc2ccc(C)cc23)cc1. The number of anilines is 1. The zero-order valence-electron chi connectivity index (χ0n) is 14.3. The summed E-state index contributed by atoms with van der Waals surface area (Å²) in [6.07, 6.45) is 1.71. The molecular weight excluding hydrogens is 300 g/mol. The lowest BCUT2D eigenvalue weighted by atomic mass is 9.89. The Morgan fingerprint density at radius 1 is 1.25 bits per heavy atom. The first-order valence-electron chi connectivity index (χ1n) is 8.49. The molecule has 0 aromatic heterocycles. The number of carbonyl (C=O) groups excluding carboxylic acids is 1. The van der Waals surface area contributed by atoms with Crippen molar-refractivity contribution in [1.29, 1.82) is 0 Å². The van der Waals surface area contributed by atoms with Crippen LogP contribution in [0.15, 0.2) is 42.5 Å². The van der Waals surface area contributed by atoms with Crippen molar-refractivity contribution in [2.75, 3.05) is 4.90 Å². The number of nitrogens with zero attached hydrogens (tertiary/aromatic N) is 1. The summed E-state index contributed by atoms with van der Waals surface area (Å²) in [6.45, 7) is 6.17. The van der Waals surface area contributed by atoms with Crippen LogP contribution in [0.25, 0.3) is 0 Å². The zero-order valence-corrected chi connectivity index (χ0v) is 14.3. The first kappa shape index (κ1) is 15.1. The van der Waals surface area contributed by atoms with Crippen molar-refractivity contribution in [2.24, 2.45) is 0 Å². The van der Waals surface area contributed by atoms with Crippen LogP contribution in [0, 0.1) is 6.92 Å². The molecule has 2 aliphatic heterocycles. The molecule has 0 saturated carbocycles. The Morgan fingerprint density at radius 2 is 2.00 bits per heavy atom. The van der Waals surface area contributed by atoms with E-state index in [9.17, 15) is 4.79 Å². The lowest BCUT2D eigenvalue weighted by Gasteiger charge is -2.50. The van der Waals surface area contributed by atoms with Gasteiger partial charge in [-0.1, -0.05) is 36.8 Å². The van der Waals surface area contributed by atoms with Gasteiger partial charge in [0.25, 0.3) is 0 Å². The maximum atomic E-state index is 12.8. The number of ether oxygens (including phenoxy) is 1. The summed E-state index contributed by atoms with van der Waals surface area (Å²) in [4.78, 5) is 14.5. The number of nitrogens with one attached hydrogen (secondary N) is 1. The standard InChI is InChI=1S/C20H22N2O2/c1-4-14-6-8-15(9-7-14)22-19(23)21-17-12-20(22,3)24-18-10-5-13(2)11-16(17)18/h5-11,17H,4,12H2,1-3H3,(H,21,23). The Labute approximate surface area is 142 Å². The molecule has 2 amide bonds. The minimum absolute atomic E-state index is 0.00249. The molecule has 2 atom stereocenters. The molecular formula is C20H22N2O2. The Morgan fingerprint density at radius 3 is 2.71 bits per heavy atom. The fourth-order valence-electron chi connectivity index (χ4n) is 3.77. The first-order chi connectivity index (χ1) is 11.5. The summed E-state index contributed by atoms with van der Waals surface area (Å²) >= 11 is 0. The number of fused-ring (bicyclic) bond motifs is 4. The first-order valence-corrected chi connectivity index (χ1v) is 8.49. The number of carbonyl (C=O) groups is 1. The highest BCUT2D eigenvalue weighted by Crippen LogP contribution is 2.45. The fourth-order valence-corrected chi connectivity index (χ4v) is 3.77. The number of aryl methyl sites for hydroxylation is 2. The van der Waals surface area contributed by atoms with Gasteiger partial charge in [0.05, 0.1) is 6.04 Å². The lowest BCUT2D eigenvalue weighted by Crippen LogP contribution is -2.65. The van der Waals surface area contributed by atoms with Crippen LogP contribution in [0.2, 0.25) is 0 Å². The van der Waals surface area contributed by atoms with E-state index in [2.05, 4.69) is 37.4 Å². The van der Waals surface area contributed by atoms with Gasteiger partial charge in [-0.25, -0.2) is 4.79 Å². The average Bonchev–Trinajstić information content (AvgIpc) is 2.55. The third kappa shape index (κ3) is 2.25. The van der Waals surface area contributed by atoms with Crippen LogP contribution in [0.5, 0.6) is 5.75 Å². The van der Waals surface area contributed by atoms with E-state index in [4.69, 9.17) is 4.74 Å². The van der Waals surface area contributed by atoms with Crippen molar-refractivity contribution in [1.82, 2.24) is 5.32 Å². The molecule has 0 radical (unpaired) electrons. The molecule has 2 aromatic rings. The summed E-state index contributed by atoms with van der Waals surface area (Å²) < 4.78 is 6.30. The van der Waals surface area contributed by atoms with Gasteiger partial charge in [-0.15, -0.1) is 0 Å². The van der Waals surface area contributed by atoms with Gasteiger partial charge in [0, 0.05) is 17.7 Å². The molecule has 2 bridgehead atoms. The van der Waals surface area contributed by atoms with Crippen molar-refractivity contribution >= 4 is 11.7 Å². The molecule has 1 fully saturated rings. The molecule has 0 aliphatic carbocycles. The normalized spacial score (nSPS) is 24.9. The number of urea groups is 1.